The molecule has 2 rings (SSSR count). The molecule has 1 atom stereocenters. The summed E-state index contributed by atoms with van der Waals surface area (Å²) in [5.41, 5.74) is 0. The van der Waals surface area contributed by atoms with Crippen LogP contribution in [0.25, 0.3) is 0 Å². The molecule has 0 bridgehead atoms. The Morgan fingerprint density at radius 2 is 2.40 bits per heavy atom. The van der Waals surface area contributed by atoms with E-state index >= 15 is 0 Å². The van der Waals surface area contributed by atoms with Crippen molar-refractivity contribution in [1.82, 2.24) is 9.55 Å². The summed E-state index contributed by atoms with van der Waals surface area (Å²) in [6.45, 7) is 5.96. The molecule has 1 aliphatic carbocycles. The number of hydrogen-bond acceptors (Lipinski definition) is 2. The lowest BCUT2D eigenvalue weighted by molar-refractivity contribution is 0.0661. The van der Waals surface area contributed by atoms with E-state index in [1.54, 1.807) is 0 Å². The van der Waals surface area contributed by atoms with E-state index in [1.165, 1.54) is 19.3 Å². The van der Waals surface area contributed by atoms with Gasteiger partial charge in [0.25, 0.3) is 0 Å². The molecule has 0 saturated heterocycles. The summed E-state index contributed by atoms with van der Waals surface area (Å²) in [6, 6.07) is 0. The maximum Gasteiger partial charge on any atom is 0.137 e. The molecular weight excluding hydrogens is 188 g/mol. The van der Waals surface area contributed by atoms with Gasteiger partial charge in [-0.1, -0.05) is 6.42 Å². The van der Waals surface area contributed by atoms with Gasteiger partial charge in [0, 0.05) is 25.5 Å². The molecule has 0 unspecified atom stereocenters. The van der Waals surface area contributed by atoms with Gasteiger partial charge in [-0.05, 0) is 32.6 Å². The predicted molar refractivity (Wildman–Crippen MR) is 59.6 cm³/mol. The Balaban J connectivity index is 2.00. The number of aromatic nitrogens is 2. The Morgan fingerprint density at radius 1 is 1.60 bits per heavy atom. The highest BCUT2D eigenvalue weighted by molar-refractivity contribution is 4.96. The molecule has 1 heterocycles. The molecule has 3 nitrogen and oxygen atoms in total. The molecule has 0 aromatic carbocycles. The first kappa shape index (κ1) is 10.7. The molecular formula is C12H20N2O. The summed E-state index contributed by atoms with van der Waals surface area (Å²) in [5, 5.41) is 0. The maximum atomic E-state index is 5.58. The van der Waals surface area contributed by atoms with E-state index in [-0.39, 0.29) is 6.10 Å². The van der Waals surface area contributed by atoms with E-state index in [2.05, 4.69) is 22.7 Å². The molecule has 1 aromatic rings. The Labute approximate surface area is 91.5 Å². The average molecular weight is 208 g/mol. The molecule has 1 aromatic heterocycles. The summed E-state index contributed by atoms with van der Waals surface area (Å²) in [7, 11) is 0. The highest BCUT2D eigenvalue weighted by Gasteiger charge is 2.20. The second-order valence-electron chi connectivity index (χ2n) is 4.33. The van der Waals surface area contributed by atoms with Crippen molar-refractivity contribution in [2.45, 2.75) is 45.8 Å². The van der Waals surface area contributed by atoms with Crippen molar-refractivity contribution >= 4 is 0 Å². The largest absolute Gasteiger partial charge is 0.371 e. The molecule has 1 aliphatic rings. The molecule has 15 heavy (non-hydrogen) atoms. The van der Waals surface area contributed by atoms with Crippen molar-refractivity contribution in [3.63, 3.8) is 0 Å². The summed E-state index contributed by atoms with van der Waals surface area (Å²) in [5.74, 6) is 1.94. The van der Waals surface area contributed by atoms with Crippen LogP contribution in [0.1, 0.15) is 45.0 Å². The molecule has 3 heteroatoms. The number of imidazole rings is 1. The monoisotopic (exact) mass is 208 g/mol. The van der Waals surface area contributed by atoms with Gasteiger partial charge >= 0.3 is 0 Å². The third-order valence-electron chi connectivity index (χ3n) is 3.21. The van der Waals surface area contributed by atoms with Crippen molar-refractivity contribution in [3.05, 3.63) is 18.2 Å². The zero-order valence-electron chi connectivity index (χ0n) is 9.65. The maximum absolute atomic E-state index is 5.58. The molecule has 1 fully saturated rings. The van der Waals surface area contributed by atoms with Gasteiger partial charge in [0.15, 0.2) is 0 Å². The minimum absolute atomic E-state index is 0.116. The normalized spacial score (nSPS) is 18.8. The first-order chi connectivity index (χ1) is 7.31. The van der Waals surface area contributed by atoms with Gasteiger partial charge in [0.2, 0.25) is 0 Å². The van der Waals surface area contributed by atoms with Gasteiger partial charge in [-0.2, -0.15) is 0 Å². The van der Waals surface area contributed by atoms with Gasteiger partial charge in [-0.15, -0.1) is 0 Å². The van der Waals surface area contributed by atoms with E-state index < -0.39 is 0 Å². The van der Waals surface area contributed by atoms with Gasteiger partial charge < -0.3 is 9.30 Å². The van der Waals surface area contributed by atoms with Crippen molar-refractivity contribution in [3.8, 4) is 0 Å². The first-order valence-corrected chi connectivity index (χ1v) is 5.94. The summed E-state index contributed by atoms with van der Waals surface area (Å²) in [6.07, 6.45) is 8.22. The topological polar surface area (TPSA) is 27.1 Å². The number of ether oxygens (including phenoxy) is 1. The molecule has 0 N–H and O–H groups in total. The molecule has 84 valence electrons. The van der Waals surface area contributed by atoms with Gasteiger partial charge in [0.05, 0.1) is 0 Å². The molecule has 0 spiro atoms. The van der Waals surface area contributed by atoms with Crippen molar-refractivity contribution < 1.29 is 4.74 Å². The van der Waals surface area contributed by atoms with E-state index in [9.17, 15) is 0 Å². The van der Waals surface area contributed by atoms with Crippen LogP contribution in [-0.4, -0.2) is 16.2 Å². The second kappa shape index (κ2) is 4.79. The number of rotatable bonds is 5. The second-order valence-corrected chi connectivity index (χ2v) is 4.33. The lowest BCUT2D eigenvalue weighted by Gasteiger charge is -2.27. The van der Waals surface area contributed by atoms with E-state index in [1.807, 2.05) is 13.1 Å². The summed E-state index contributed by atoms with van der Waals surface area (Å²) >= 11 is 0. The van der Waals surface area contributed by atoms with Gasteiger partial charge in [0.1, 0.15) is 11.9 Å². The predicted octanol–water partition coefficient (Wildman–Crippen LogP) is 2.78. The summed E-state index contributed by atoms with van der Waals surface area (Å²) < 4.78 is 7.83. The summed E-state index contributed by atoms with van der Waals surface area (Å²) in [4.78, 5) is 4.38. The quantitative estimate of drug-likeness (QED) is 0.744. The third-order valence-corrected chi connectivity index (χ3v) is 3.21. The van der Waals surface area contributed by atoms with Crippen LogP contribution in [0.15, 0.2) is 12.4 Å². The fourth-order valence-corrected chi connectivity index (χ4v) is 2.11. The zero-order chi connectivity index (χ0) is 10.7. The van der Waals surface area contributed by atoms with Gasteiger partial charge in [-0.3, -0.25) is 0 Å². The molecule has 0 amide bonds. The van der Waals surface area contributed by atoms with E-state index in [4.69, 9.17) is 4.74 Å². The van der Waals surface area contributed by atoms with Crippen LogP contribution in [0.3, 0.4) is 0 Å². The van der Waals surface area contributed by atoms with Crippen LogP contribution >= 0.6 is 0 Å². The van der Waals surface area contributed by atoms with Crippen molar-refractivity contribution in [1.29, 1.82) is 0 Å². The molecule has 0 aliphatic heterocycles. The number of nitrogens with zero attached hydrogens (tertiary/aromatic N) is 2. The average Bonchev–Trinajstić information content (AvgIpc) is 2.59. The lowest BCUT2D eigenvalue weighted by atomic mass is 9.85. The Morgan fingerprint density at radius 3 is 3.00 bits per heavy atom. The van der Waals surface area contributed by atoms with Crippen LogP contribution in [0.2, 0.25) is 0 Å². The Bertz CT molecular complexity index is 304. The van der Waals surface area contributed by atoms with Crippen LogP contribution in [0, 0.1) is 5.92 Å². The van der Waals surface area contributed by atoms with Crippen LogP contribution in [0.4, 0.5) is 0 Å². The highest BCUT2D eigenvalue weighted by atomic mass is 16.5. The van der Waals surface area contributed by atoms with Gasteiger partial charge in [-0.25, -0.2) is 4.98 Å². The first-order valence-electron chi connectivity index (χ1n) is 5.94. The Hall–Kier alpha value is -0.830. The van der Waals surface area contributed by atoms with E-state index in [0.29, 0.717) is 0 Å². The Kier molecular flexibility index (Phi) is 3.41. The fourth-order valence-electron chi connectivity index (χ4n) is 2.11. The minimum atomic E-state index is 0.116. The van der Waals surface area contributed by atoms with Crippen LogP contribution in [-0.2, 0) is 11.3 Å². The zero-order valence-corrected chi connectivity index (χ0v) is 9.65. The SMILES string of the molecule is CCO[C@@H](C)c1nccn1CC1CCC1. The highest BCUT2D eigenvalue weighted by Crippen LogP contribution is 2.29. The minimum Gasteiger partial charge on any atom is -0.371 e. The van der Waals surface area contributed by atoms with Crippen molar-refractivity contribution in [2.75, 3.05) is 6.61 Å². The van der Waals surface area contributed by atoms with Crippen molar-refractivity contribution in [2.24, 2.45) is 5.92 Å². The third kappa shape index (κ3) is 2.40. The lowest BCUT2D eigenvalue weighted by Crippen LogP contribution is -2.20. The fraction of sp³-hybridized carbons (Fsp3) is 0.750. The van der Waals surface area contributed by atoms with Crippen LogP contribution < -0.4 is 0 Å². The smallest absolute Gasteiger partial charge is 0.137 e. The molecule has 1 saturated carbocycles. The van der Waals surface area contributed by atoms with Crippen LogP contribution in [0.5, 0.6) is 0 Å². The number of hydrogen-bond donors (Lipinski definition) is 0. The van der Waals surface area contributed by atoms with E-state index in [0.717, 1.165) is 24.9 Å². The molecule has 0 radical (unpaired) electrons. The standard InChI is InChI=1S/C12H20N2O/c1-3-15-10(2)12-13-7-8-14(12)9-11-5-4-6-11/h7-8,10-11H,3-6,9H2,1-2H3/t10-/m0/s1.